The van der Waals surface area contributed by atoms with E-state index in [0.717, 1.165) is 102 Å². The predicted molar refractivity (Wildman–Crippen MR) is 148 cm³/mol. The Kier molecular flexibility index (Phi) is 8.78. The first-order valence-corrected chi connectivity index (χ1v) is 14.6. The van der Waals surface area contributed by atoms with Crippen LogP contribution in [-0.2, 0) is 11.2 Å². The summed E-state index contributed by atoms with van der Waals surface area (Å²) in [6.45, 7) is 6.32. The number of carbonyl (C=O) groups excluding carboxylic acids is 1. The molecule has 2 aliphatic heterocycles. The highest BCUT2D eigenvalue weighted by Crippen LogP contribution is 2.37. The van der Waals surface area contributed by atoms with Crippen LogP contribution in [0.5, 0.6) is 5.75 Å². The van der Waals surface area contributed by atoms with Crippen LogP contribution >= 0.6 is 0 Å². The van der Waals surface area contributed by atoms with Gasteiger partial charge in [0.15, 0.2) is 0 Å². The van der Waals surface area contributed by atoms with Crippen LogP contribution < -0.4 is 9.64 Å². The number of aryl methyl sites for hydroxylation is 1. The Morgan fingerprint density at radius 1 is 0.947 bits per heavy atom. The molecular weight excluding hydrogens is 474 g/mol. The van der Waals surface area contributed by atoms with Gasteiger partial charge in [0, 0.05) is 50.4 Å². The molecule has 1 amide bonds. The molecule has 3 heterocycles. The molecule has 7 nitrogen and oxygen atoms in total. The number of rotatable bonds is 7. The van der Waals surface area contributed by atoms with Gasteiger partial charge < -0.3 is 14.5 Å². The Morgan fingerprint density at radius 3 is 2.21 bits per heavy atom. The van der Waals surface area contributed by atoms with Gasteiger partial charge in [-0.15, -0.1) is 0 Å². The van der Waals surface area contributed by atoms with Crippen molar-refractivity contribution < 1.29 is 9.53 Å². The summed E-state index contributed by atoms with van der Waals surface area (Å²) in [5.74, 6) is 3.46. The highest BCUT2D eigenvalue weighted by atomic mass is 16.5. The third kappa shape index (κ3) is 6.46. The molecule has 0 atom stereocenters. The van der Waals surface area contributed by atoms with Crippen LogP contribution in [0, 0.1) is 29.1 Å². The Bertz CT molecular complexity index is 1070. The molecule has 7 heteroatoms. The van der Waals surface area contributed by atoms with Crippen LogP contribution in [0.25, 0.3) is 0 Å². The number of aromatic nitrogens is 2. The molecule has 3 aliphatic rings. The van der Waals surface area contributed by atoms with Crippen LogP contribution in [0.1, 0.15) is 75.3 Å². The first kappa shape index (κ1) is 26.5. The number of amides is 1. The van der Waals surface area contributed by atoms with Crippen molar-refractivity contribution in [1.29, 1.82) is 5.26 Å². The van der Waals surface area contributed by atoms with Crippen LogP contribution in [0.2, 0.25) is 0 Å². The molecule has 3 fully saturated rings. The second-order valence-corrected chi connectivity index (χ2v) is 11.3. The van der Waals surface area contributed by atoms with E-state index in [-0.39, 0.29) is 11.8 Å². The van der Waals surface area contributed by atoms with Gasteiger partial charge in [-0.3, -0.25) is 4.79 Å². The molecular formula is C31H41N5O2. The van der Waals surface area contributed by atoms with Crippen molar-refractivity contribution in [2.45, 2.75) is 70.6 Å². The number of nitrogens with zero attached hydrogens (tertiary/aromatic N) is 5. The predicted octanol–water partition coefficient (Wildman–Crippen LogP) is 5.37. The van der Waals surface area contributed by atoms with Crippen molar-refractivity contribution in [2.75, 3.05) is 37.7 Å². The molecule has 2 aromatic rings. The lowest BCUT2D eigenvalue weighted by atomic mass is 9.78. The first-order chi connectivity index (χ1) is 18.6. The number of carbonyl (C=O) groups is 1. The molecule has 2 saturated heterocycles. The number of benzene rings is 1. The molecule has 1 aliphatic carbocycles. The maximum Gasteiger partial charge on any atom is 0.225 e. The fraction of sp³-hybridized carbons (Fsp3) is 0.613. The minimum atomic E-state index is 0.124. The molecule has 0 spiro atoms. The molecule has 202 valence electrons. The molecule has 5 rings (SSSR count). The van der Waals surface area contributed by atoms with Crippen molar-refractivity contribution in [3.05, 3.63) is 47.8 Å². The fourth-order valence-corrected chi connectivity index (χ4v) is 6.20. The number of ether oxygens (including phenoxy) is 1. The maximum atomic E-state index is 13.0. The molecule has 0 unspecified atom stereocenters. The Labute approximate surface area is 227 Å². The highest BCUT2D eigenvalue weighted by molar-refractivity contribution is 5.79. The zero-order valence-electron chi connectivity index (χ0n) is 22.7. The zero-order valence-corrected chi connectivity index (χ0v) is 22.7. The second-order valence-electron chi connectivity index (χ2n) is 11.3. The summed E-state index contributed by atoms with van der Waals surface area (Å²) < 4.78 is 6.17. The van der Waals surface area contributed by atoms with Crippen LogP contribution in [0.4, 0.5) is 5.95 Å². The molecule has 0 N–H and O–H groups in total. The van der Waals surface area contributed by atoms with Crippen LogP contribution in [-0.4, -0.2) is 53.6 Å². The standard InChI is InChI=1S/C31H41N5O2/c1-2-23-20-33-31(34-21-23)36-17-13-25(14-18-36)22-38-29-9-7-27(8-10-29)26-3-5-28(6-4-26)30(37)35-15-11-24(19-32)12-16-35/h7-10,20-21,24-26,28H,2-6,11-18,22H2,1H3. The zero-order chi connectivity index (χ0) is 26.3. The Morgan fingerprint density at radius 2 is 1.61 bits per heavy atom. The Hall–Kier alpha value is -3.14. The van der Waals surface area contributed by atoms with E-state index in [1.807, 2.05) is 17.3 Å². The maximum absolute atomic E-state index is 13.0. The summed E-state index contributed by atoms with van der Waals surface area (Å²) in [4.78, 5) is 26.3. The lowest BCUT2D eigenvalue weighted by Gasteiger charge is -2.35. The molecule has 1 aromatic heterocycles. The minimum absolute atomic E-state index is 0.124. The van der Waals surface area contributed by atoms with Gasteiger partial charge in [-0.05, 0) is 92.9 Å². The van der Waals surface area contributed by atoms with Crippen molar-refractivity contribution in [3.63, 3.8) is 0 Å². The number of anilines is 1. The van der Waals surface area contributed by atoms with Gasteiger partial charge in [-0.2, -0.15) is 5.26 Å². The van der Waals surface area contributed by atoms with Crippen molar-refractivity contribution in [1.82, 2.24) is 14.9 Å². The van der Waals surface area contributed by atoms with Gasteiger partial charge in [-0.1, -0.05) is 19.1 Å². The van der Waals surface area contributed by atoms with E-state index < -0.39 is 0 Å². The molecule has 0 bridgehead atoms. The quantitative estimate of drug-likeness (QED) is 0.493. The van der Waals surface area contributed by atoms with Gasteiger partial charge >= 0.3 is 0 Å². The number of likely N-dealkylation sites (tertiary alicyclic amines) is 1. The minimum Gasteiger partial charge on any atom is -0.493 e. The van der Waals surface area contributed by atoms with E-state index in [1.165, 1.54) is 11.1 Å². The molecule has 0 radical (unpaired) electrons. The summed E-state index contributed by atoms with van der Waals surface area (Å²) in [6, 6.07) is 11.0. The van der Waals surface area contributed by atoms with Crippen LogP contribution in [0.15, 0.2) is 36.7 Å². The van der Waals surface area contributed by atoms with E-state index in [4.69, 9.17) is 10.00 Å². The van der Waals surface area contributed by atoms with E-state index in [0.29, 0.717) is 17.7 Å². The van der Waals surface area contributed by atoms with E-state index >= 15 is 0 Å². The monoisotopic (exact) mass is 515 g/mol. The van der Waals surface area contributed by atoms with Gasteiger partial charge in [0.2, 0.25) is 11.9 Å². The van der Waals surface area contributed by atoms with Crippen molar-refractivity contribution >= 4 is 11.9 Å². The number of hydrogen-bond donors (Lipinski definition) is 0. The van der Waals surface area contributed by atoms with Gasteiger partial charge in [0.05, 0.1) is 12.7 Å². The van der Waals surface area contributed by atoms with Gasteiger partial charge in [-0.25, -0.2) is 9.97 Å². The average Bonchev–Trinajstić information content (AvgIpc) is 3.00. The van der Waals surface area contributed by atoms with E-state index in [1.54, 1.807) is 0 Å². The van der Waals surface area contributed by atoms with E-state index in [9.17, 15) is 4.79 Å². The lowest BCUT2D eigenvalue weighted by molar-refractivity contribution is -0.137. The summed E-state index contributed by atoms with van der Waals surface area (Å²) in [5, 5.41) is 9.10. The fourth-order valence-electron chi connectivity index (χ4n) is 6.20. The summed E-state index contributed by atoms with van der Waals surface area (Å²) in [7, 11) is 0. The number of nitriles is 1. The molecule has 1 saturated carbocycles. The lowest BCUT2D eigenvalue weighted by Crippen LogP contribution is -2.42. The second kappa shape index (κ2) is 12.6. The summed E-state index contributed by atoms with van der Waals surface area (Å²) in [5.41, 5.74) is 2.54. The third-order valence-electron chi connectivity index (χ3n) is 8.90. The Balaban J connectivity index is 1.02. The molecule has 1 aromatic carbocycles. The van der Waals surface area contributed by atoms with Crippen molar-refractivity contribution in [2.24, 2.45) is 17.8 Å². The molecule has 38 heavy (non-hydrogen) atoms. The SMILES string of the molecule is CCc1cnc(N2CCC(COc3ccc(C4CCC(C(=O)N5CCC(C#N)CC5)CC4)cc3)CC2)nc1. The van der Waals surface area contributed by atoms with E-state index in [2.05, 4.69) is 52.1 Å². The first-order valence-electron chi connectivity index (χ1n) is 14.6. The normalized spacial score (nSPS) is 23.2. The smallest absolute Gasteiger partial charge is 0.225 e. The largest absolute Gasteiger partial charge is 0.493 e. The van der Waals surface area contributed by atoms with Crippen LogP contribution in [0.3, 0.4) is 0 Å². The number of hydrogen-bond acceptors (Lipinski definition) is 6. The summed E-state index contributed by atoms with van der Waals surface area (Å²) >= 11 is 0. The average molecular weight is 516 g/mol. The highest BCUT2D eigenvalue weighted by Gasteiger charge is 2.32. The van der Waals surface area contributed by atoms with Gasteiger partial charge in [0.25, 0.3) is 0 Å². The summed E-state index contributed by atoms with van der Waals surface area (Å²) in [6.07, 6.45) is 12.7. The van der Waals surface area contributed by atoms with Crippen molar-refractivity contribution in [3.8, 4) is 11.8 Å². The topological polar surface area (TPSA) is 82.4 Å². The van der Waals surface area contributed by atoms with Gasteiger partial charge in [0.1, 0.15) is 5.75 Å². The number of piperidine rings is 2. The third-order valence-corrected chi connectivity index (χ3v) is 8.90.